The quantitative estimate of drug-likeness (QED) is 0.353. The molecule has 0 rings (SSSR count). The molecule has 0 spiro atoms. The topological polar surface area (TPSA) is 0 Å². The van der Waals surface area contributed by atoms with E-state index in [4.69, 9.17) is 0 Å². The summed E-state index contributed by atoms with van der Waals surface area (Å²) < 4.78 is 0. The van der Waals surface area contributed by atoms with Crippen molar-refractivity contribution in [1.29, 1.82) is 0 Å². The Kier molecular flexibility index (Phi) is 8.88. The van der Waals surface area contributed by atoms with Gasteiger partial charge in [0.15, 0.2) is 0 Å². The van der Waals surface area contributed by atoms with Crippen LogP contribution in [0.5, 0.6) is 0 Å². The SMILES string of the molecule is CC=CCSSCCC(C)C. The van der Waals surface area contributed by atoms with Gasteiger partial charge < -0.3 is 0 Å². The highest BCUT2D eigenvalue weighted by Crippen LogP contribution is 2.23. The maximum absolute atomic E-state index is 2.27. The molecule has 0 saturated heterocycles. The molecule has 0 atom stereocenters. The molecule has 0 amide bonds. The van der Waals surface area contributed by atoms with Gasteiger partial charge >= 0.3 is 0 Å². The largest absolute Gasteiger partial charge is 0.0938 e. The maximum Gasteiger partial charge on any atom is 0.0217 e. The molecule has 66 valence electrons. The summed E-state index contributed by atoms with van der Waals surface area (Å²) >= 11 is 0. The summed E-state index contributed by atoms with van der Waals surface area (Å²) in [6.07, 6.45) is 5.65. The van der Waals surface area contributed by atoms with Crippen LogP contribution in [-0.4, -0.2) is 11.5 Å². The lowest BCUT2D eigenvalue weighted by Crippen LogP contribution is -1.87. The van der Waals surface area contributed by atoms with Gasteiger partial charge in [0, 0.05) is 11.5 Å². The molecule has 0 nitrogen and oxygen atoms in total. The molecule has 0 aliphatic rings. The van der Waals surface area contributed by atoms with Crippen molar-refractivity contribution in [2.45, 2.75) is 27.2 Å². The first-order chi connectivity index (χ1) is 5.27. The third kappa shape index (κ3) is 10.4. The molecule has 0 aliphatic heterocycles. The zero-order valence-corrected chi connectivity index (χ0v) is 9.30. The summed E-state index contributed by atoms with van der Waals surface area (Å²) in [5.74, 6) is 3.30. The minimum absolute atomic E-state index is 0.852. The van der Waals surface area contributed by atoms with E-state index in [-0.39, 0.29) is 0 Å². The molecule has 0 aliphatic carbocycles. The average molecular weight is 190 g/mol. The fraction of sp³-hybridized carbons (Fsp3) is 0.778. The molecule has 0 aromatic heterocycles. The van der Waals surface area contributed by atoms with Gasteiger partial charge in [-0.05, 0) is 19.3 Å². The molecular weight excluding hydrogens is 172 g/mol. The van der Waals surface area contributed by atoms with Crippen LogP contribution in [0.15, 0.2) is 12.2 Å². The molecule has 2 heteroatoms. The monoisotopic (exact) mass is 190 g/mol. The smallest absolute Gasteiger partial charge is 0.0217 e. The van der Waals surface area contributed by atoms with Crippen LogP contribution in [0.25, 0.3) is 0 Å². The van der Waals surface area contributed by atoms with Crippen LogP contribution < -0.4 is 0 Å². The van der Waals surface area contributed by atoms with Crippen molar-refractivity contribution in [2.24, 2.45) is 5.92 Å². The second-order valence-electron chi connectivity index (χ2n) is 2.86. The first-order valence-electron chi connectivity index (χ1n) is 4.13. The van der Waals surface area contributed by atoms with E-state index < -0.39 is 0 Å². The van der Waals surface area contributed by atoms with Crippen molar-refractivity contribution < 1.29 is 0 Å². The van der Waals surface area contributed by atoms with Gasteiger partial charge in [-0.3, -0.25) is 0 Å². The predicted octanol–water partition coefficient (Wildman–Crippen LogP) is 3.99. The van der Waals surface area contributed by atoms with Gasteiger partial charge in [-0.15, -0.1) is 0 Å². The molecule has 0 bridgehead atoms. The van der Waals surface area contributed by atoms with Crippen molar-refractivity contribution in [1.82, 2.24) is 0 Å². The van der Waals surface area contributed by atoms with Gasteiger partial charge in [-0.1, -0.05) is 47.6 Å². The normalized spacial score (nSPS) is 11.6. The van der Waals surface area contributed by atoms with Crippen molar-refractivity contribution in [3.05, 3.63) is 12.2 Å². The minimum atomic E-state index is 0.852. The maximum atomic E-state index is 2.27. The lowest BCUT2D eigenvalue weighted by atomic mass is 10.2. The van der Waals surface area contributed by atoms with E-state index in [9.17, 15) is 0 Å². The van der Waals surface area contributed by atoms with Crippen LogP contribution in [0.1, 0.15) is 27.2 Å². The fourth-order valence-corrected chi connectivity index (χ4v) is 2.75. The predicted molar refractivity (Wildman–Crippen MR) is 59.2 cm³/mol. The van der Waals surface area contributed by atoms with Crippen molar-refractivity contribution in [2.75, 3.05) is 11.5 Å². The average Bonchev–Trinajstić information content (AvgIpc) is 1.96. The van der Waals surface area contributed by atoms with Crippen LogP contribution >= 0.6 is 21.6 Å². The Balaban J connectivity index is 2.91. The summed E-state index contributed by atoms with van der Waals surface area (Å²) in [6.45, 7) is 6.62. The van der Waals surface area contributed by atoms with Crippen LogP contribution in [0.3, 0.4) is 0 Å². The van der Waals surface area contributed by atoms with E-state index in [1.165, 1.54) is 12.2 Å². The number of hydrogen-bond donors (Lipinski definition) is 0. The summed E-state index contributed by atoms with van der Waals surface area (Å²) in [4.78, 5) is 0. The molecular formula is C9H18S2. The summed E-state index contributed by atoms with van der Waals surface area (Å²) in [5.41, 5.74) is 0. The highest BCUT2D eigenvalue weighted by molar-refractivity contribution is 8.76. The third-order valence-corrected chi connectivity index (χ3v) is 3.57. The Labute approximate surface area is 78.6 Å². The van der Waals surface area contributed by atoms with Crippen molar-refractivity contribution >= 4 is 21.6 Å². The van der Waals surface area contributed by atoms with Gasteiger partial charge in [0.2, 0.25) is 0 Å². The van der Waals surface area contributed by atoms with E-state index in [1.54, 1.807) is 0 Å². The Morgan fingerprint density at radius 3 is 2.55 bits per heavy atom. The van der Waals surface area contributed by atoms with Crippen LogP contribution in [0.2, 0.25) is 0 Å². The van der Waals surface area contributed by atoms with Crippen LogP contribution in [-0.2, 0) is 0 Å². The minimum Gasteiger partial charge on any atom is -0.0938 e. The standard InChI is InChI=1S/C9H18S2/c1-4-5-7-10-11-8-6-9(2)3/h4-5,9H,6-8H2,1-3H3. The first kappa shape index (κ1) is 11.4. The summed E-state index contributed by atoms with van der Waals surface area (Å²) in [7, 11) is 3.94. The Bertz CT molecular complexity index is 97.7. The van der Waals surface area contributed by atoms with Crippen LogP contribution in [0, 0.1) is 5.92 Å². The van der Waals surface area contributed by atoms with Gasteiger partial charge in [0.05, 0.1) is 0 Å². The van der Waals surface area contributed by atoms with Gasteiger partial charge in [0.1, 0.15) is 0 Å². The highest BCUT2D eigenvalue weighted by Gasteiger charge is 1.93. The first-order valence-corrected chi connectivity index (χ1v) is 6.61. The number of allylic oxidation sites excluding steroid dienone is 1. The van der Waals surface area contributed by atoms with Crippen LogP contribution in [0.4, 0.5) is 0 Å². The lowest BCUT2D eigenvalue weighted by molar-refractivity contribution is 0.633. The lowest BCUT2D eigenvalue weighted by Gasteiger charge is -2.01. The van der Waals surface area contributed by atoms with E-state index >= 15 is 0 Å². The van der Waals surface area contributed by atoms with Gasteiger partial charge in [0.25, 0.3) is 0 Å². The molecule has 0 aromatic rings. The second-order valence-corrected chi connectivity index (χ2v) is 5.49. The molecule has 0 fully saturated rings. The van der Waals surface area contributed by atoms with Gasteiger partial charge in [-0.2, -0.15) is 0 Å². The summed E-state index contributed by atoms with van der Waals surface area (Å²) in [5, 5.41) is 0. The highest BCUT2D eigenvalue weighted by atomic mass is 33.1. The van der Waals surface area contributed by atoms with E-state index in [2.05, 4.69) is 32.9 Å². The second kappa shape index (κ2) is 8.54. The Morgan fingerprint density at radius 2 is 2.00 bits per heavy atom. The van der Waals surface area contributed by atoms with Crippen molar-refractivity contribution in [3.63, 3.8) is 0 Å². The third-order valence-electron chi connectivity index (χ3n) is 1.26. The molecule has 0 saturated carbocycles. The van der Waals surface area contributed by atoms with Crippen molar-refractivity contribution in [3.8, 4) is 0 Å². The molecule has 0 N–H and O–H groups in total. The fourth-order valence-electron chi connectivity index (χ4n) is 0.526. The summed E-state index contributed by atoms with van der Waals surface area (Å²) in [6, 6.07) is 0. The van der Waals surface area contributed by atoms with E-state index in [0.717, 1.165) is 11.7 Å². The molecule has 0 aromatic carbocycles. The number of hydrogen-bond acceptors (Lipinski definition) is 2. The Hall–Kier alpha value is 0.440. The molecule has 11 heavy (non-hydrogen) atoms. The molecule has 0 unspecified atom stereocenters. The zero-order valence-electron chi connectivity index (χ0n) is 7.67. The molecule has 0 radical (unpaired) electrons. The Morgan fingerprint density at radius 1 is 1.27 bits per heavy atom. The van der Waals surface area contributed by atoms with Gasteiger partial charge in [-0.25, -0.2) is 0 Å². The zero-order chi connectivity index (χ0) is 8.53. The van der Waals surface area contributed by atoms with E-state index in [1.807, 2.05) is 21.6 Å². The van der Waals surface area contributed by atoms with E-state index in [0.29, 0.717) is 0 Å². The number of rotatable bonds is 6. The molecule has 0 heterocycles.